The number of hydrogen-bond donors (Lipinski definition) is 0. The maximum atomic E-state index is 13.2. The van der Waals surface area contributed by atoms with Crippen molar-refractivity contribution in [2.45, 2.75) is 13.8 Å². The highest BCUT2D eigenvalue weighted by Gasteiger charge is 2.13. The first kappa shape index (κ1) is 17.1. The molecule has 4 heterocycles. The lowest BCUT2D eigenvalue weighted by Crippen LogP contribution is -2.28. The molecule has 5 aromatic rings. The van der Waals surface area contributed by atoms with E-state index >= 15 is 0 Å². The molecule has 0 unspecified atom stereocenters. The third-order valence-corrected chi connectivity index (χ3v) is 4.93. The molecule has 0 fully saturated rings. The van der Waals surface area contributed by atoms with Crippen molar-refractivity contribution < 1.29 is 0 Å². The topological polar surface area (TPSA) is 87.6 Å². The Morgan fingerprint density at radius 2 is 1.38 bits per heavy atom. The Balaban J connectivity index is 1.81. The molecule has 0 amide bonds. The highest BCUT2D eigenvalue weighted by atomic mass is 16.1. The van der Waals surface area contributed by atoms with Crippen LogP contribution in [0.1, 0.15) is 11.6 Å². The van der Waals surface area contributed by atoms with Crippen LogP contribution in [0.2, 0.25) is 0 Å². The van der Waals surface area contributed by atoms with Crippen molar-refractivity contribution in [3.63, 3.8) is 0 Å². The number of aryl methyl sites for hydroxylation is 2. The molecule has 0 saturated carbocycles. The second kappa shape index (κ2) is 6.23. The number of benzene rings is 1. The Bertz CT molecular complexity index is 1490. The highest BCUT2D eigenvalue weighted by Crippen LogP contribution is 2.16. The summed E-state index contributed by atoms with van der Waals surface area (Å²) in [6.07, 6.45) is 3.34. The van der Waals surface area contributed by atoms with E-state index in [0.717, 1.165) is 5.69 Å². The van der Waals surface area contributed by atoms with Gasteiger partial charge in [-0.1, -0.05) is 18.2 Å². The van der Waals surface area contributed by atoms with E-state index in [-0.39, 0.29) is 11.1 Å². The van der Waals surface area contributed by atoms with Crippen LogP contribution in [0.25, 0.3) is 27.5 Å². The Hall–Kier alpha value is -4.07. The smallest absolute Gasteiger partial charge is 0.279 e. The summed E-state index contributed by atoms with van der Waals surface area (Å²) in [5, 5.41) is 8.76. The molecule has 4 aromatic heterocycles. The molecule has 0 atom stereocenters. The molecule has 8 nitrogen and oxygen atoms in total. The summed E-state index contributed by atoms with van der Waals surface area (Å²) < 4.78 is 4.60. The Labute approximate surface area is 164 Å². The fraction of sp³-hybridized carbons (Fsp3) is 0.0952. The lowest BCUT2D eigenvalue weighted by atomic mass is 10.2. The van der Waals surface area contributed by atoms with Crippen LogP contribution in [0.3, 0.4) is 0 Å². The summed E-state index contributed by atoms with van der Waals surface area (Å²) in [6, 6.07) is 14.5. The van der Waals surface area contributed by atoms with Crippen molar-refractivity contribution >= 4 is 21.8 Å². The minimum atomic E-state index is -0.294. The standard InChI is InChI=1S/C21H16N6O2/c1-13-23-24-14(2)27(13)26-11-9-19-17(21(26)29)12-16-18(22-19)8-10-25(20(16)28)15-6-4-3-5-7-15/h3-12H,1-2H3. The second-order valence-corrected chi connectivity index (χ2v) is 6.75. The third-order valence-electron chi connectivity index (χ3n) is 4.93. The largest absolute Gasteiger partial charge is 0.284 e. The van der Waals surface area contributed by atoms with E-state index in [4.69, 9.17) is 0 Å². The molecule has 0 aliphatic carbocycles. The number of pyridine rings is 3. The van der Waals surface area contributed by atoms with Crippen molar-refractivity contribution in [3.05, 3.63) is 93.3 Å². The number of nitrogens with zero attached hydrogens (tertiary/aromatic N) is 6. The van der Waals surface area contributed by atoms with Gasteiger partial charge in [-0.05, 0) is 44.2 Å². The average Bonchev–Trinajstić information content (AvgIpc) is 3.07. The highest BCUT2D eigenvalue weighted by molar-refractivity contribution is 5.91. The molecule has 142 valence electrons. The maximum Gasteiger partial charge on any atom is 0.279 e. The Morgan fingerprint density at radius 3 is 2.07 bits per heavy atom. The molecule has 0 bridgehead atoms. The first-order valence-corrected chi connectivity index (χ1v) is 9.07. The van der Waals surface area contributed by atoms with Gasteiger partial charge in [0, 0.05) is 18.1 Å². The van der Waals surface area contributed by atoms with Gasteiger partial charge in [0.1, 0.15) is 11.6 Å². The fourth-order valence-corrected chi connectivity index (χ4v) is 3.54. The molecular weight excluding hydrogens is 368 g/mol. The van der Waals surface area contributed by atoms with Crippen LogP contribution >= 0.6 is 0 Å². The molecule has 5 rings (SSSR count). The van der Waals surface area contributed by atoms with Gasteiger partial charge in [-0.25, -0.2) is 14.3 Å². The molecule has 0 aliphatic heterocycles. The van der Waals surface area contributed by atoms with Gasteiger partial charge in [-0.15, -0.1) is 10.2 Å². The minimum Gasteiger partial charge on any atom is -0.284 e. The van der Waals surface area contributed by atoms with E-state index in [1.54, 1.807) is 53.7 Å². The third kappa shape index (κ3) is 2.57. The SMILES string of the molecule is Cc1nnc(C)n1-n1ccc2nc3ccn(-c4ccccc4)c(=O)c3cc2c1=O. The lowest BCUT2D eigenvalue weighted by Gasteiger charge is -2.11. The van der Waals surface area contributed by atoms with Crippen LogP contribution in [0.15, 0.2) is 70.5 Å². The van der Waals surface area contributed by atoms with Gasteiger partial charge in [0.25, 0.3) is 11.1 Å². The zero-order valence-electron chi connectivity index (χ0n) is 15.8. The second-order valence-electron chi connectivity index (χ2n) is 6.75. The van der Waals surface area contributed by atoms with Gasteiger partial charge in [0.05, 0.1) is 21.8 Å². The quantitative estimate of drug-likeness (QED) is 0.436. The van der Waals surface area contributed by atoms with Gasteiger partial charge in [-0.2, -0.15) is 0 Å². The molecule has 0 N–H and O–H groups in total. The van der Waals surface area contributed by atoms with Crippen LogP contribution in [0.4, 0.5) is 0 Å². The van der Waals surface area contributed by atoms with Crippen molar-refractivity contribution in [1.82, 2.24) is 29.1 Å². The summed E-state index contributed by atoms with van der Waals surface area (Å²) in [5.41, 5.74) is 1.30. The van der Waals surface area contributed by atoms with E-state index in [1.807, 2.05) is 30.3 Å². The fourth-order valence-electron chi connectivity index (χ4n) is 3.54. The van der Waals surface area contributed by atoms with Crippen LogP contribution < -0.4 is 11.1 Å². The van der Waals surface area contributed by atoms with Gasteiger partial charge >= 0.3 is 0 Å². The zero-order chi connectivity index (χ0) is 20.1. The van der Waals surface area contributed by atoms with Crippen molar-refractivity contribution in [2.75, 3.05) is 0 Å². The van der Waals surface area contributed by atoms with Crippen LogP contribution in [0.5, 0.6) is 0 Å². The first-order chi connectivity index (χ1) is 14.0. The van der Waals surface area contributed by atoms with Crippen molar-refractivity contribution in [2.24, 2.45) is 0 Å². The van der Waals surface area contributed by atoms with Crippen LogP contribution in [-0.2, 0) is 0 Å². The van der Waals surface area contributed by atoms with Crippen LogP contribution in [-0.4, -0.2) is 29.1 Å². The average molecular weight is 384 g/mol. The molecule has 29 heavy (non-hydrogen) atoms. The van der Waals surface area contributed by atoms with Gasteiger partial charge in [0.2, 0.25) is 0 Å². The summed E-state index contributed by atoms with van der Waals surface area (Å²) in [7, 11) is 0. The molecule has 0 saturated heterocycles. The molecule has 0 radical (unpaired) electrons. The maximum absolute atomic E-state index is 13.2. The summed E-state index contributed by atoms with van der Waals surface area (Å²) >= 11 is 0. The zero-order valence-corrected chi connectivity index (χ0v) is 15.8. The summed E-state index contributed by atoms with van der Waals surface area (Å²) in [4.78, 5) is 30.8. The number of fused-ring (bicyclic) bond motifs is 2. The molecule has 1 aromatic carbocycles. The van der Waals surface area contributed by atoms with E-state index in [1.165, 1.54) is 4.68 Å². The van der Waals surface area contributed by atoms with E-state index < -0.39 is 0 Å². The Kier molecular flexibility index (Phi) is 3.67. The molecule has 0 spiro atoms. The van der Waals surface area contributed by atoms with Gasteiger partial charge in [-0.3, -0.25) is 14.2 Å². The normalized spacial score (nSPS) is 11.4. The predicted octanol–water partition coefficient (Wildman–Crippen LogP) is 2.22. The number of rotatable bonds is 2. The monoisotopic (exact) mass is 384 g/mol. The number of aromatic nitrogens is 6. The predicted molar refractivity (Wildman–Crippen MR) is 109 cm³/mol. The van der Waals surface area contributed by atoms with Gasteiger partial charge < -0.3 is 0 Å². The summed E-state index contributed by atoms with van der Waals surface area (Å²) in [5.74, 6) is 1.17. The van der Waals surface area contributed by atoms with Gasteiger partial charge in [0.15, 0.2) is 0 Å². The lowest BCUT2D eigenvalue weighted by molar-refractivity contribution is 0.595. The molecular formula is C21H16N6O2. The molecule has 0 aliphatic rings. The van der Waals surface area contributed by atoms with E-state index in [0.29, 0.717) is 33.5 Å². The summed E-state index contributed by atoms with van der Waals surface area (Å²) in [6.45, 7) is 3.54. The number of hydrogen-bond acceptors (Lipinski definition) is 5. The van der Waals surface area contributed by atoms with Crippen molar-refractivity contribution in [1.29, 1.82) is 0 Å². The van der Waals surface area contributed by atoms with E-state index in [9.17, 15) is 9.59 Å². The molecule has 8 heteroatoms. The van der Waals surface area contributed by atoms with Crippen LogP contribution in [0, 0.1) is 13.8 Å². The van der Waals surface area contributed by atoms with E-state index in [2.05, 4.69) is 15.2 Å². The van der Waals surface area contributed by atoms with Crippen molar-refractivity contribution in [3.8, 4) is 5.69 Å². The Morgan fingerprint density at radius 1 is 0.759 bits per heavy atom. The number of para-hydroxylation sites is 1. The minimum absolute atomic E-state index is 0.227. The first-order valence-electron chi connectivity index (χ1n) is 9.07.